The Balaban J connectivity index is 0.000000322. The highest BCUT2D eigenvalue weighted by Gasteiger charge is 2.19. The Hall–Kier alpha value is -2.19. The Morgan fingerprint density at radius 1 is 1.13 bits per heavy atom. The first-order chi connectivity index (χ1) is 18.1. The van der Waals surface area contributed by atoms with Crippen LogP contribution in [0, 0.1) is 18.7 Å². The number of benzene rings is 1. The van der Waals surface area contributed by atoms with Gasteiger partial charge in [-0.05, 0) is 56.8 Å². The van der Waals surface area contributed by atoms with Crippen LogP contribution in [0.25, 0.3) is 0 Å². The van der Waals surface area contributed by atoms with E-state index in [1.165, 1.54) is 101 Å². The second-order valence-corrected chi connectivity index (χ2v) is 11.2. The molecule has 0 spiro atoms. The summed E-state index contributed by atoms with van der Waals surface area (Å²) in [6, 6.07) is 5.69. The number of nitrogens with two attached hydrogens (primary N) is 1. The maximum atomic E-state index is 12.3. The van der Waals surface area contributed by atoms with Gasteiger partial charge >= 0.3 is 0 Å². The molecule has 1 aromatic heterocycles. The third-order valence-corrected chi connectivity index (χ3v) is 7.77. The molecule has 0 saturated heterocycles. The molecule has 2 N–H and O–H groups in total. The Morgan fingerprint density at radius 3 is 2.26 bits per heavy atom. The lowest BCUT2D eigenvalue weighted by molar-refractivity contribution is -0.117. The molecule has 0 unspecified atom stereocenters. The van der Waals surface area contributed by atoms with E-state index >= 15 is 0 Å². The summed E-state index contributed by atoms with van der Waals surface area (Å²) < 4.78 is 35.2. The minimum Gasteiger partial charge on any atom is -0.369 e. The molecule has 4 nitrogen and oxygen atoms in total. The number of thiazole rings is 1. The zero-order valence-corrected chi connectivity index (χ0v) is 24.2. The standard InChI is InChI=1S/C16H26N2S.C8H8FNO.C4H8F2.C2H4/c1-13-17-15-8-11-18(12-9-16(15)19-13)10-7-14-5-3-2-4-6-14;9-7-3-1-6(2-4-7)5-8(10)11;1-3-4(2,5)6;1-2/h14H,2-12H2,1H3;1-4H,5H2,(H2,10,11);3H2,1-2H3;1-2H2. The minimum absolute atomic E-state index is 0.0625. The number of aryl methyl sites for hydroxylation is 1. The lowest BCUT2D eigenvalue weighted by Gasteiger charge is -2.26. The fourth-order valence-electron chi connectivity index (χ4n) is 4.41. The van der Waals surface area contributed by atoms with E-state index < -0.39 is 11.8 Å². The van der Waals surface area contributed by atoms with Crippen molar-refractivity contribution < 1.29 is 18.0 Å². The van der Waals surface area contributed by atoms with Crippen LogP contribution >= 0.6 is 11.3 Å². The lowest BCUT2D eigenvalue weighted by Crippen LogP contribution is -2.29. The van der Waals surface area contributed by atoms with Crippen LogP contribution in [0.1, 0.15) is 79.9 Å². The van der Waals surface area contributed by atoms with Gasteiger partial charge in [-0.2, -0.15) is 0 Å². The Morgan fingerprint density at radius 2 is 1.71 bits per heavy atom. The molecule has 1 aliphatic heterocycles. The summed E-state index contributed by atoms with van der Waals surface area (Å²) in [7, 11) is 0. The number of hydrogen-bond acceptors (Lipinski definition) is 4. The van der Waals surface area contributed by atoms with Crippen molar-refractivity contribution in [3.05, 3.63) is 64.4 Å². The molecular weight excluding hydrogens is 507 g/mol. The van der Waals surface area contributed by atoms with Crippen LogP contribution in [0.4, 0.5) is 13.2 Å². The highest BCUT2D eigenvalue weighted by atomic mass is 32.1. The number of carbonyl (C=O) groups is 1. The third kappa shape index (κ3) is 14.7. The molecule has 38 heavy (non-hydrogen) atoms. The van der Waals surface area contributed by atoms with Crippen LogP contribution in [-0.4, -0.2) is 41.3 Å². The number of fused-ring (bicyclic) bond motifs is 1. The molecule has 214 valence electrons. The number of carbonyl (C=O) groups excluding carboxylic acids is 1. The molecule has 0 radical (unpaired) electrons. The number of nitrogens with zero attached hydrogens (tertiary/aromatic N) is 2. The first-order valence-corrected chi connectivity index (χ1v) is 14.5. The van der Waals surface area contributed by atoms with Gasteiger partial charge in [-0.15, -0.1) is 24.5 Å². The number of rotatable bonds is 6. The van der Waals surface area contributed by atoms with Crippen molar-refractivity contribution in [1.29, 1.82) is 0 Å². The van der Waals surface area contributed by atoms with E-state index in [2.05, 4.69) is 30.0 Å². The predicted octanol–water partition coefficient (Wildman–Crippen LogP) is 7.53. The van der Waals surface area contributed by atoms with Crippen LogP contribution in [-0.2, 0) is 24.1 Å². The summed E-state index contributed by atoms with van der Waals surface area (Å²) in [5.41, 5.74) is 7.06. The van der Waals surface area contributed by atoms with Crippen LogP contribution in [0.15, 0.2) is 37.4 Å². The van der Waals surface area contributed by atoms with E-state index in [0.29, 0.717) is 0 Å². The van der Waals surface area contributed by atoms with E-state index in [9.17, 15) is 18.0 Å². The normalized spacial score (nSPS) is 15.8. The highest BCUT2D eigenvalue weighted by Crippen LogP contribution is 2.27. The van der Waals surface area contributed by atoms with Gasteiger partial charge in [0.15, 0.2) is 0 Å². The maximum absolute atomic E-state index is 12.3. The smallest absolute Gasteiger partial charge is 0.245 e. The predicted molar refractivity (Wildman–Crippen MR) is 153 cm³/mol. The molecule has 1 aromatic carbocycles. The summed E-state index contributed by atoms with van der Waals surface area (Å²) in [6.07, 6.45) is 11.3. The fourth-order valence-corrected chi connectivity index (χ4v) is 5.38. The van der Waals surface area contributed by atoms with Crippen molar-refractivity contribution >= 4 is 17.2 Å². The quantitative estimate of drug-likeness (QED) is 0.376. The maximum Gasteiger partial charge on any atom is 0.245 e. The molecule has 1 fully saturated rings. The summed E-state index contributed by atoms with van der Waals surface area (Å²) in [5.74, 6) is -2.15. The molecule has 8 heteroatoms. The topological polar surface area (TPSA) is 59.2 Å². The van der Waals surface area contributed by atoms with Gasteiger partial charge in [0.25, 0.3) is 0 Å². The Kier molecular flexibility index (Phi) is 16.2. The van der Waals surface area contributed by atoms with Gasteiger partial charge in [0, 0.05) is 30.8 Å². The van der Waals surface area contributed by atoms with Gasteiger partial charge in [-0.3, -0.25) is 4.79 Å². The number of aromatic nitrogens is 1. The number of alkyl halides is 2. The molecule has 1 aliphatic carbocycles. The van der Waals surface area contributed by atoms with Crippen molar-refractivity contribution in [2.24, 2.45) is 11.7 Å². The number of hydrogen-bond donors (Lipinski definition) is 1. The van der Waals surface area contributed by atoms with Crippen LogP contribution < -0.4 is 5.73 Å². The second kappa shape index (κ2) is 18.2. The third-order valence-electron chi connectivity index (χ3n) is 6.70. The molecule has 0 atom stereocenters. The average molecular weight is 554 g/mol. The first-order valence-electron chi connectivity index (χ1n) is 13.6. The molecule has 4 rings (SSSR count). The molecule has 2 aromatic rings. The molecular formula is C30H46F3N3OS. The van der Waals surface area contributed by atoms with Gasteiger partial charge in [0.2, 0.25) is 11.8 Å². The summed E-state index contributed by atoms with van der Waals surface area (Å²) >= 11 is 1.91. The van der Waals surface area contributed by atoms with Crippen molar-refractivity contribution in [3.8, 4) is 0 Å². The molecule has 1 amide bonds. The number of primary amides is 1. The van der Waals surface area contributed by atoms with Crippen molar-refractivity contribution in [2.45, 2.75) is 90.9 Å². The Bertz CT molecular complexity index is 896. The van der Waals surface area contributed by atoms with Crippen LogP contribution in [0.5, 0.6) is 0 Å². The molecule has 1 saturated carbocycles. The lowest BCUT2D eigenvalue weighted by atomic mass is 9.87. The van der Waals surface area contributed by atoms with Crippen LogP contribution in [0.3, 0.4) is 0 Å². The van der Waals surface area contributed by atoms with E-state index in [1.807, 2.05) is 11.3 Å². The number of amides is 1. The molecule has 2 aliphatic rings. The summed E-state index contributed by atoms with van der Waals surface area (Å²) in [5, 5.41) is 1.25. The van der Waals surface area contributed by atoms with Gasteiger partial charge < -0.3 is 10.6 Å². The van der Waals surface area contributed by atoms with Crippen molar-refractivity contribution in [2.75, 3.05) is 19.6 Å². The van der Waals surface area contributed by atoms with Crippen LogP contribution in [0.2, 0.25) is 0 Å². The number of halogens is 3. The largest absolute Gasteiger partial charge is 0.369 e. The summed E-state index contributed by atoms with van der Waals surface area (Å²) in [4.78, 5) is 19.3. The average Bonchev–Trinajstić information content (AvgIpc) is 3.15. The van der Waals surface area contributed by atoms with E-state index in [4.69, 9.17) is 5.73 Å². The Labute approximate surface area is 231 Å². The second-order valence-electron chi connectivity index (χ2n) is 9.93. The molecule has 2 heterocycles. The zero-order chi connectivity index (χ0) is 28.6. The zero-order valence-electron chi connectivity index (χ0n) is 23.4. The first kappa shape index (κ1) is 33.8. The summed E-state index contributed by atoms with van der Waals surface area (Å²) in [6.45, 7) is 14.3. The van der Waals surface area contributed by atoms with E-state index in [1.54, 1.807) is 17.0 Å². The van der Waals surface area contributed by atoms with Gasteiger partial charge in [0.05, 0.1) is 17.1 Å². The van der Waals surface area contributed by atoms with Gasteiger partial charge in [-0.1, -0.05) is 51.2 Å². The highest BCUT2D eigenvalue weighted by molar-refractivity contribution is 7.11. The van der Waals surface area contributed by atoms with Crippen molar-refractivity contribution in [1.82, 2.24) is 9.88 Å². The molecule has 0 bridgehead atoms. The van der Waals surface area contributed by atoms with Crippen molar-refractivity contribution in [3.63, 3.8) is 0 Å². The van der Waals surface area contributed by atoms with Gasteiger partial charge in [-0.25, -0.2) is 18.2 Å². The fraction of sp³-hybridized carbons (Fsp3) is 0.600. The minimum atomic E-state index is -2.46. The van der Waals surface area contributed by atoms with Gasteiger partial charge in [0.1, 0.15) is 5.82 Å². The van der Waals surface area contributed by atoms with E-state index in [0.717, 1.165) is 18.4 Å². The SMILES string of the molecule is C=C.CCC(C)(F)F.Cc1nc2c(s1)CCN(CCC1CCCCC1)CC2.NC(=O)Cc1ccc(F)cc1. The van der Waals surface area contributed by atoms with E-state index in [-0.39, 0.29) is 18.7 Å². The monoisotopic (exact) mass is 553 g/mol.